The first kappa shape index (κ1) is 10.0. The molecule has 1 radical (unpaired) electrons. The van der Waals surface area contributed by atoms with Gasteiger partial charge in [0, 0.05) is 19.1 Å². The zero-order valence-electron chi connectivity index (χ0n) is 6.97. The zero-order valence-corrected chi connectivity index (χ0v) is 6.97. The van der Waals surface area contributed by atoms with Crippen LogP contribution in [0.25, 0.3) is 0 Å². The molecule has 0 spiro atoms. The molecule has 61 valence electrons. The Morgan fingerprint density at radius 1 is 1.45 bits per heavy atom. The molecule has 0 heterocycles. The van der Waals surface area contributed by atoms with Crippen molar-refractivity contribution in [2.45, 2.75) is 25.7 Å². The van der Waals surface area contributed by atoms with Crippen molar-refractivity contribution in [2.24, 2.45) is 5.16 Å². The van der Waals surface area contributed by atoms with Crippen LogP contribution in [0.1, 0.15) is 25.7 Å². The topological polar surface area (TPSA) is 21.6 Å². The minimum Gasteiger partial charge on any atom is -0.399 e. The summed E-state index contributed by atoms with van der Waals surface area (Å²) in [4.78, 5) is 4.48. The van der Waals surface area contributed by atoms with E-state index in [0.717, 1.165) is 25.7 Å². The highest BCUT2D eigenvalue weighted by Gasteiger charge is 1.75. The van der Waals surface area contributed by atoms with Gasteiger partial charge in [-0.25, -0.2) is 0 Å². The third-order valence-corrected chi connectivity index (χ3v) is 1.01. The highest BCUT2D eigenvalue weighted by atomic mass is 16.6. The Hall–Kier alpha value is -0.970. The van der Waals surface area contributed by atoms with Crippen LogP contribution in [0.3, 0.4) is 0 Å². The number of hydrogen-bond donors (Lipinski definition) is 0. The summed E-state index contributed by atoms with van der Waals surface area (Å²) in [5, 5.41) is 3.58. The predicted molar refractivity (Wildman–Crippen MR) is 47.1 cm³/mol. The second-order valence-corrected chi connectivity index (χ2v) is 1.97. The van der Waals surface area contributed by atoms with E-state index in [4.69, 9.17) is 0 Å². The maximum Gasteiger partial charge on any atom is 0.106 e. The van der Waals surface area contributed by atoms with Gasteiger partial charge in [0.25, 0.3) is 0 Å². The highest BCUT2D eigenvalue weighted by Crippen LogP contribution is 1.85. The summed E-state index contributed by atoms with van der Waals surface area (Å²) in [6.45, 7) is 3.68. The van der Waals surface area contributed by atoms with Gasteiger partial charge in [0.15, 0.2) is 0 Å². The third-order valence-electron chi connectivity index (χ3n) is 1.01. The van der Waals surface area contributed by atoms with Crippen LogP contribution in [-0.2, 0) is 4.84 Å². The van der Waals surface area contributed by atoms with E-state index in [1.165, 1.54) is 7.11 Å². The van der Waals surface area contributed by atoms with Gasteiger partial charge in [0.1, 0.15) is 7.11 Å². The van der Waals surface area contributed by atoms with Crippen molar-refractivity contribution in [2.75, 3.05) is 7.11 Å². The van der Waals surface area contributed by atoms with Crippen LogP contribution in [0.5, 0.6) is 0 Å². The fourth-order valence-corrected chi connectivity index (χ4v) is 0.529. The van der Waals surface area contributed by atoms with Gasteiger partial charge in [-0.05, 0) is 12.8 Å². The van der Waals surface area contributed by atoms with Crippen molar-refractivity contribution in [1.82, 2.24) is 0 Å². The van der Waals surface area contributed by atoms with Crippen LogP contribution >= 0.6 is 0 Å². The molecular weight excluding hydrogens is 138 g/mol. The van der Waals surface area contributed by atoms with Crippen LogP contribution < -0.4 is 0 Å². The van der Waals surface area contributed by atoms with Crippen LogP contribution in [0, 0.1) is 18.8 Å². The van der Waals surface area contributed by atoms with Crippen molar-refractivity contribution >= 4 is 6.21 Å². The Morgan fingerprint density at radius 3 is 2.82 bits per heavy atom. The first-order valence-corrected chi connectivity index (χ1v) is 3.71. The molecule has 0 aliphatic rings. The molecule has 2 nitrogen and oxygen atoms in total. The molecule has 0 aromatic heterocycles. The number of oxime groups is 1. The lowest BCUT2D eigenvalue weighted by atomic mass is 10.3. The quantitative estimate of drug-likeness (QED) is 0.261. The molecule has 0 rings (SSSR count). The first-order chi connectivity index (χ1) is 5.41. The van der Waals surface area contributed by atoms with E-state index in [1.54, 1.807) is 6.21 Å². The molecule has 0 saturated carbocycles. The summed E-state index contributed by atoms with van der Waals surface area (Å²) in [6.07, 6.45) is 5.21. The average molecular weight is 152 g/mol. The molecule has 0 unspecified atom stereocenters. The van der Waals surface area contributed by atoms with Crippen LogP contribution in [0.15, 0.2) is 5.16 Å². The summed E-state index contributed by atoms with van der Waals surface area (Å²) < 4.78 is 0. The van der Waals surface area contributed by atoms with Crippen molar-refractivity contribution in [1.29, 1.82) is 0 Å². The van der Waals surface area contributed by atoms with Gasteiger partial charge in [0.05, 0.1) is 0 Å². The lowest BCUT2D eigenvalue weighted by molar-refractivity contribution is 0.214. The maximum absolute atomic E-state index is 4.48. The van der Waals surface area contributed by atoms with E-state index in [1.807, 2.05) is 0 Å². The van der Waals surface area contributed by atoms with Crippen molar-refractivity contribution < 1.29 is 4.84 Å². The van der Waals surface area contributed by atoms with Gasteiger partial charge in [-0.15, -0.1) is 11.8 Å². The van der Waals surface area contributed by atoms with E-state index in [2.05, 4.69) is 28.8 Å². The molecule has 0 aliphatic heterocycles. The summed E-state index contributed by atoms with van der Waals surface area (Å²) in [5.74, 6) is 6.01. The molecule has 2 heteroatoms. The van der Waals surface area contributed by atoms with Crippen LogP contribution in [0.4, 0.5) is 0 Å². The fraction of sp³-hybridized carbons (Fsp3) is 0.556. The molecule has 0 aromatic carbocycles. The minimum atomic E-state index is 0.854. The fourth-order valence-electron chi connectivity index (χ4n) is 0.529. The van der Waals surface area contributed by atoms with Gasteiger partial charge in [-0.3, -0.25) is 0 Å². The van der Waals surface area contributed by atoms with E-state index in [0.29, 0.717) is 0 Å². The Balaban J connectivity index is 3.14. The maximum atomic E-state index is 4.48. The van der Waals surface area contributed by atoms with Gasteiger partial charge < -0.3 is 4.84 Å². The van der Waals surface area contributed by atoms with E-state index in [-0.39, 0.29) is 0 Å². The third kappa shape index (κ3) is 9.03. The number of hydrogen-bond acceptors (Lipinski definition) is 2. The zero-order chi connectivity index (χ0) is 8.36. The first-order valence-electron chi connectivity index (χ1n) is 3.71. The van der Waals surface area contributed by atoms with Gasteiger partial charge in [-0.1, -0.05) is 12.1 Å². The molecule has 0 aliphatic carbocycles. The lowest BCUT2D eigenvalue weighted by Gasteiger charge is -1.83. The smallest absolute Gasteiger partial charge is 0.106 e. The number of nitrogens with zero attached hydrogens (tertiary/aromatic N) is 1. The van der Waals surface area contributed by atoms with E-state index < -0.39 is 0 Å². The van der Waals surface area contributed by atoms with E-state index >= 15 is 0 Å². The molecule has 0 amide bonds. The minimum absolute atomic E-state index is 0.854. The normalized spacial score (nSPS) is 9.27. The monoisotopic (exact) mass is 152 g/mol. The second kappa shape index (κ2) is 9.03. The SMILES string of the molecule is [CH2]CCC#CCCC=NOC. The lowest BCUT2D eigenvalue weighted by Crippen LogP contribution is -1.75. The van der Waals surface area contributed by atoms with Crippen LogP contribution in [0.2, 0.25) is 0 Å². The summed E-state index contributed by atoms with van der Waals surface area (Å²) in [7, 11) is 1.53. The standard InChI is InChI=1S/C9H14NO/c1-3-4-5-6-7-8-9-10-11-2/h9H,1,3-4,7-8H2,2H3. The predicted octanol–water partition coefficient (Wildman–Crippen LogP) is 2.02. The Bertz CT molecular complexity index is 153. The second-order valence-electron chi connectivity index (χ2n) is 1.97. The summed E-state index contributed by atoms with van der Waals surface area (Å²) in [5.41, 5.74) is 0. The average Bonchev–Trinajstić information content (AvgIpc) is 2.03. The molecule has 0 N–H and O–H groups in total. The molecular formula is C9H14NO. The number of rotatable bonds is 4. The van der Waals surface area contributed by atoms with Crippen molar-refractivity contribution in [3.63, 3.8) is 0 Å². The summed E-state index contributed by atoms with van der Waals surface area (Å²) in [6, 6.07) is 0. The molecule has 0 fully saturated rings. The molecule has 0 atom stereocenters. The van der Waals surface area contributed by atoms with Gasteiger partial charge >= 0.3 is 0 Å². The van der Waals surface area contributed by atoms with Gasteiger partial charge in [0.2, 0.25) is 0 Å². The molecule has 0 bridgehead atoms. The summed E-state index contributed by atoms with van der Waals surface area (Å²) >= 11 is 0. The van der Waals surface area contributed by atoms with Crippen molar-refractivity contribution in [3.05, 3.63) is 6.92 Å². The van der Waals surface area contributed by atoms with Crippen molar-refractivity contribution in [3.8, 4) is 11.8 Å². The Kier molecular flexibility index (Phi) is 8.23. The number of unbranched alkanes of at least 4 members (excludes halogenated alkanes) is 2. The Labute approximate surface area is 68.6 Å². The molecule has 0 aromatic rings. The molecule has 0 saturated heterocycles. The van der Waals surface area contributed by atoms with E-state index in [9.17, 15) is 0 Å². The highest BCUT2D eigenvalue weighted by molar-refractivity contribution is 5.56. The molecule has 11 heavy (non-hydrogen) atoms. The Morgan fingerprint density at radius 2 is 2.18 bits per heavy atom. The van der Waals surface area contributed by atoms with Gasteiger partial charge in [-0.2, -0.15) is 0 Å². The largest absolute Gasteiger partial charge is 0.399 e. The van der Waals surface area contributed by atoms with Crippen LogP contribution in [-0.4, -0.2) is 13.3 Å².